The predicted octanol–water partition coefficient (Wildman–Crippen LogP) is 3.93. The molecule has 0 aliphatic carbocycles. The minimum absolute atomic E-state index is 0.0767. The van der Waals surface area contributed by atoms with Crippen molar-refractivity contribution in [3.05, 3.63) is 65.1 Å². The number of carbonyl (C=O) groups excluding carboxylic acids is 1. The first-order valence-corrected chi connectivity index (χ1v) is 8.44. The smallest absolute Gasteiger partial charge is 0.387 e. The van der Waals surface area contributed by atoms with E-state index in [-0.39, 0.29) is 18.3 Å². The van der Waals surface area contributed by atoms with Crippen LogP contribution >= 0.6 is 11.6 Å². The van der Waals surface area contributed by atoms with Gasteiger partial charge in [0.05, 0.1) is 17.3 Å². The van der Waals surface area contributed by atoms with Gasteiger partial charge in [0.25, 0.3) is 0 Å². The highest BCUT2D eigenvalue weighted by molar-refractivity contribution is 6.30. The van der Waals surface area contributed by atoms with Gasteiger partial charge in [-0.15, -0.1) is 0 Å². The molecule has 0 spiro atoms. The van der Waals surface area contributed by atoms with Crippen molar-refractivity contribution >= 4 is 23.3 Å². The SMILES string of the molecule is CN(Cc1ccc(OC(F)F)cc1)C(=O)NCc1cn2cc(Cl)ccc2n1. The number of amides is 2. The number of halogens is 3. The van der Waals surface area contributed by atoms with Gasteiger partial charge in [-0.1, -0.05) is 23.7 Å². The molecule has 9 heteroatoms. The first-order chi connectivity index (χ1) is 12.9. The Labute approximate surface area is 159 Å². The number of nitrogens with one attached hydrogen (secondary N) is 1. The molecule has 1 N–H and O–H groups in total. The molecule has 0 unspecified atom stereocenters. The van der Waals surface area contributed by atoms with Crippen LogP contribution in [-0.4, -0.2) is 34.0 Å². The largest absolute Gasteiger partial charge is 0.435 e. The zero-order valence-corrected chi connectivity index (χ0v) is 15.2. The van der Waals surface area contributed by atoms with E-state index in [1.165, 1.54) is 17.0 Å². The number of pyridine rings is 1. The maximum atomic E-state index is 12.2. The molecule has 0 radical (unpaired) electrons. The molecule has 1 aromatic carbocycles. The molecule has 2 aromatic heterocycles. The van der Waals surface area contributed by atoms with Gasteiger partial charge in [0.15, 0.2) is 0 Å². The van der Waals surface area contributed by atoms with Crippen LogP contribution in [0.4, 0.5) is 13.6 Å². The predicted molar refractivity (Wildman–Crippen MR) is 97.0 cm³/mol. The Kier molecular flexibility index (Phi) is 5.75. The van der Waals surface area contributed by atoms with Gasteiger partial charge in [-0.3, -0.25) is 0 Å². The van der Waals surface area contributed by atoms with Gasteiger partial charge in [-0.05, 0) is 29.8 Å². The summed E-state index contributed by atoms with van der Waals surface area (Å²) in [5.41, 5.74) is 2.23. The summed E-state index contributed by atoms with van der Waals surface area (Å²) in [5, 5.41) is 3.38. The highest BCUT2D eigenvalue weighted by atomic mass is 35.5. The maximum absolute atomic E-state index is 12.2. The van der Waals surface area contributed by atoms with Crippen LogP contribution in [0, 0.1) is 0 Å². The Hall–Kier alpha value is -2.87. The van der Waals surface area contributed by atoms with Gasteiger partial charge < -0.3 is 19.4 Å². The van der Waals surface area contributed by atoms with Crippen molar-refractivity contribution in [2.45, 2.75) is 19.7 Å². The molecule has 0 saturated heterocycles. The number of ether oxygens (including phenoxy) is 1. The van der Waals surface area contributed by atoms with Crippen LogP contribution < -0.4 is 10.1 Å². The quantitative estimate of drug-likeness (QED) is 0.689. The van der Waals surface area contributed by atoms with Crippen molar-refractivity contribution in [2.24, 2.45) is 0 Å². The van der Waals surface area contributed by atoms with Crippen LogP contribution in [0.3, 0.4) is 0 Å². The summed E-state index contributed by atoms with van der Waals surface area (Å²) in [7, 11) is 1.64. The Morgan fingerprint density at radius 2 is 2.00 bits per heavy atom. The Bertz CT molecular complexity index is 931. The van der Waals surface area contributed by atoms with E-state index in [0.29, 0.717) is 17.3 Å². The van der Waals surface area contributed by atoms with E-state index < -0.39 is 6.61 Å². The number of nitrogens with zero attached hydrogens (tertiary/aromatic N) is 3. The molecule has 3 aromatic rings. The van der Waals surface area contributed by atoms with Crippen LogP contribution in [0.2, 0.25) is 5.02 Å². The van der Waals surface area contributed by atoms with E-state index in [9.17, 15) is 13.6 Å². The fourth-order valence-electron chi connectivity index (χ4n) is 2.53. The van der Waals surface area contributed by atoms with E-state index >= 15 is 0 Å². The Balaban J connectivity index is 1.53. The van der Waals surface area contributed by atoms with E-state index in [1.54, 1.807) is 48.1 Å². The van der Waals surface area contributed by atoms with Crippen molar-refractivity contribution < 1.29 is 18.3 Å². The first-order valence-electron chi connectivity index (χ1n) is 8.06. The molecule has 2 amide bonds. The molecular weight excluding hydrogens is 378 g/mol. The summed E-state index contributed by atoms with van der Waals surface area (Å²) < 4.78 is 30.4. The summed E-state index contributed by atoms with van der Waals surface area (Å²) in [6.07, 6.45) is 3.53. The second-order valence-corrected chi connectivity index (χ2v) is 6.32. The number of rotatable bonds is 6. The van der Waals surface area contributed by atoms with Gasteiger partial charge in [-0.2, -0.15) is 8.78 Å². The summed E-state index contributed by atoms with van der Waals surface area (Å²) in [6, 6.07) is 9.40. The number of hydrogen-bond acceptors (Lipinski definition) is 3. The molecule has 142 valence electrons. The molecule has 6 nitrogen and oxygen atoms in total. The lowest BCUT2D eigenvalue weighted by Crippen LogP contribution is -2.36. The molecule has 3 rings (SSSR count). The second-order valence-electron chi connectivity index (χ2n) is 5.88. The van der Waals surface area contributed by atoms with Gasteiger partial charge >= 0.3 is 12.6 Å². The van der Waals surface area contributed by atoms with E-state index in [4.69, 9.17) is 11.6 Å². The standard InChI is InChI=1S/C18H17ClF2N4O2/c1-24(9-12-2-5-15(6-3-12)27-17(20)21)18(26)22-8-14-11-25-10-13(19)4-7-16(25)23-14/h2-7,10-11,17H,8-9H2,1H3,(H,22,26). The third kappa shape index (κ3) is 5.07. The first kappa shape index (κ1) is 18.9. The summed E-state index contributed by atoms with van der Waals surface area (Å²) in [4.78, 5) is 18.1. The molecule has 0 aliphatic heterocycles. The summed E-state index contributed by atoms with van der Waals surface area (Å²) >= 11 is 5.94. The average Bonchev–Trinajstić information content (AvgIpc) is 3.02. The maximum Gasteiger partial charge on any atom is 0.387 e. The molecule has 0 saturated carbocycles. The minimum atomic E-state index is -2.86. The number of carbonyl (C=O) groups is 1. The summed E-state index contributed by atoms with van der Waals surface area (Å²) in [6.45, 7) is -2.27. The number of alkyl halides is 2. The van der Waals surface area contributed by atoms with Crippen molar-refractivity contribution in [3.63, 3.8) is 0 Å². The number of imidazole rings is 1. The number of aromatic nitrogens is 2. The molecule has 0 bridgehead atoms. The van der Waals surface area contributed by atoms with E-state index in [0.717, 1.165) is 11.2 Å². The normalized spacial score (nSPS) is 11.0. The van der Waals surface area contributed by atoms with Gasteiger partial charge in [-0.25, -0.2) is 9.78 Å². The van der Waals surface area contributed by atoms with Crippen molar-refractivity contribution in [1.29, 1.82) is 0 Å². The summed E-state index contributed by atoms with van der Waals surface area (Å²) in [5.74, 6) is 0.0767. The monoisotopic (exact) mass is 394 g/mol. The lowest BCUT2D eigenvalue weighted by molar-refractivity contribution is -0.0498. The number of benzene rings is 1. The van der Waals surface area contributed by atoms with Crippen LogP contribution in [0.1, 0.15) is 11.3 Å². The third-order valence-corrected chi connectivity index (χ3v) is 4.02. The van der Waals surface area contributed by atoms with Crippen LogP contribution in [0.15, 0.2) is 48.8 Å². The Morgan fingerprint density at radius 3 is 2.70 bits per heavy atom. The number of hydrogen-bond donors (Lipinski definition) is 1. The molecule has 0 atom stereocenters. The molecule has 0 fully saturated rings. The average molecular weight is 395 g/mol. The lowest BCUT2D eigenvalue weighted by atomic mass is 10.2. The van der Waals surface area contributed by atoms with Crippen LogP contribution in [-0.2, 0) is 13.1 Å². The van der Waals surface area contributed by atoms with Gasteiger partial charge in [0.2, 0.25) is 0 Å². The highest BCUT2D eigenvalue weighted by Crippen LogP contribution is 2.16. The van der Waals surface area contributed by atoms with Crippen molar-refractivity contribution in [3.8, 4) is 5.75 Å². The molecule has 2 heterocycles. The Morgan fingerprint density at radius 1 is 1.26 bits per heavy atom. The van der Waals surface area contributed by atoms with Crippen molar-refractivity contribution in [1.82, 2.24) is 19.6 Å². The minimum Gasteiger partial charge on any atom is -0.435 e. The zero-order chi connectivity index (χ0) is 19.4. The van der Waals surface area contributed by atoms with Crippen LogP contribution in [0.25, 0.3) is 5.65 Å². The zero-order valence-electron chi connectivity index (χ0n) is 14.4. The molecule has 0 aliphatic rings. The molecule has 27 heavy (non-hydrogen) atoms. The lowest BCUT2D eigenvalue weighted by Gasteiger charge is -2.18. The van der Waals surface area contributed by atoms with Gasteiger partial charge in [0.1, 0.15) is 11.4 Å². The second kappa shape index (κ2) is 8.22. The topological polar surface area (TPSA) is 58.9 Å². The molecular formula is C18H17ClF2N4O2. The van der Waals surface area contributed by atoms with Crippen LogP contribution in [0.5, 0.6) is 5.75 Å². The fraction of sp³-hybridized carbons (Fsp3) is 0.222. The highest BCUT2D eigenvalue weighted by Gasteiger charge is 2.11. The third-order valence-electron chi connectivity index (χ3n) is 3.80. The van der Waals surface area contributed by atoms with E-state index in [2.05, 4.69) is 15.0 Å². The fourth-order valence-corrected chi connectivity index (χ4v) is 2.69. The van der Waals surface area contributed by atoms with E-state index in [1.807, 2.05) is 0 Å². The van der Waals surface area contributed by atoms with Gasteiger partial charge in [0, 0.05) is 26.0 Å². The number of urea groups is 1. The number of fused-ring (bicyclic) bond motifs is 1. The van der Waals surface area contributed by atoms with Crippen molar-refractivity contribution in [2.75, 3.05) is 7.05 Å².